The van der Waals surface area contributed by atoms with Gasteiger partial charge in [0.1, 0.15) is 5.75 Å². The van der Waals surface area contributed by atoms with Gasteiger partial charge in [-0.15, -0.1) is 29.9 Å². The average Bonchev–Trinajstić information content (AvgIpc) is 3.10. The van der Waals surface area contributed by atoms with E-state index in [9.17, 15) is 0 Å². The molecule has 3 rings (SSSR count). The van der Waals surface area contributed by atoms with E-state index >= 15 is 0 Å². The minimum atomic E-state index is 0. The number of halogens is 2. The highest BCUT2D eigenvalue weighted by molar-refractivity contribution is 7.99. The second-order valence-electron chi connectivity index (χ2n) is 6.50. The van der Waals surface area contributed by atoms with Gasteiger partial charge in [0.25, 0.3) is 0 Å². The van der Waals surface area contributed by atoms with Crippen LogP contribution >= 0.6 is 36.6 Å². The maximum Gasteiger partial charge on any atom is 0.209 e. The number of benzene rings is 1. The summed E-state index contributed by atoms with van der Waals surface area (Å²) in [5.74, 6) is 1.95. The van der Waals surface area contributed by atoms with E-state index < -0.39 is 0 Å². The minimum absolute atomic E-state index is 0. The first-order valence-corrected chi connectivity index (χ1v) is 10.3. The number of aromatic nitrogens is 4. The zero-order chi connectivity index (χ0) is 18.9. The Bertz CT molecular complexity index is 715. The third-order valence-electron chi connectivity index (χ3n) is 4.48. The molecule has 2 heterocycles. The summed E-state index contributed by atoms with van der Waals surface area (Å²) in [4.78, 5) is 2.41. The summed E-state index contributed by atoms with van der Waals surface area (Å²) in [5.41, 5.74) is 2.52. The van der Waals surface area contributed by atoms with E-state index in [1.54, 1.807) is 23.6 Å². The topological polar surface area (TPSA) is 77.3 Å². The van der Waals surface area contributed by atoms with Crippen molar-refractivity contribution >= 4 is 36.6 Å². The van der Waals surface area contributed by atoms with Crippen molar-refractivity contribution in [2.24, 2.45) is 7.05 Å². The largest absolute Gasteiger partial charge is 0.496 e. The normalized spacial score (nSPS) is 14.1. The van der Waals surface area contributed by atoms with Gasteiger partial charge in [-0.3, -0.25) is 4.90 Å². The molecule has 1 saturated heterocycles. The molecule has 1 aliphatic rings. The van der Waals surface area contributed by atoms with Crippen LogP contribution in [0.5, 0.6) is 5.75 Å². The first-order chi connectivity index (χ1) is 13.3. The summed E-state index contributed by atoms with van der Waals surface area (Å²) < 4.78 is 12.7. The number of nitrogens with zero attached hydrogens (tertiary/aromatic N) is 5. The Balaban J connectivity index is 0.00000210. The molecule has 1 aromatic carbocycles. The van der Waals surface area contributed by atoms with Gasteiger partial charge in [0.05, 0.1) is 20.3 Å². The lowest BCUT2D eigenvalue weighted by atomic mass is 10.1. The highest BCUT2D eigenvalue weighted by Crippen LogP contribution is 2.22. The van der Waals surface area contributed by atoms with Crippen LogP contribution in [-0.2, 0) is 24.9 Å². The van der Waals surface area contributed by atoms with Crippen LogP contribution in [0.15, 0.2) is 23.4 Å². The van der Waals surface area contributed by atoms with Gasteiger partial charge in [0.15, 0.2) is 0 Å². The van der Waals surface area contributed by atoms with Crippen LogP contribution in [0.1, 0.15) is 17.5 Å². The molecular weight excluding hydrogens is 435 g/mol. The first kappa shape index (κ1) is 25.9. The average molecular weight is 465 g/mol. The molecule has 0 unspecified atom stereocenters. The molecule has 2 aromatic rings. The quantitative estimate of drug-likeness (QED) is 0.423. The van der Waals surface area contributed by atoms with Crippen molar-refractivity contribution in [3.05, 3.63) is 29.3 Å². The van der Waals surface area contributed by atoms with Crippen LogP contribution in [0, 0.1) is 0 Å². The molecule has 0 radical (unpaired) electrons. The van der Waals surface area contributed by atoms with Crippen LogP contribution in [0.4, 0.5) is 0 Å². The van der Waals surface area contributed by atoms with Crippen molar-refractivity contribution in [1.29, 1.82) is 0 Å². The number of aryl methyl sites for hydroxylation is 1. The lowest BCUT2D eigenvalue weighted by molar-refractivity contribution is 0.0339. The van der Waals surface area contributed by atoms with Crippen molar-refractivity contribution in [3.8, 4) is 5.75 Å². The summed E-state index contributed by atoms with van der Waals surface area (Å²) in [6.07, 6.45) is 1.06. The van der Waals surface area contributed by atoms with Gasteiger partial charge >= 0.3 is 0 Å². The summed E-state index contributed by atoms with van der Waals surface area (Å²) in [6.45, 7) is 6.30. The fraction of sp³-hybridized carbons (Fsp3) is 0.611. The van der Waals surface area contributed by atoms with Gasteiger partial charge in [0, 0.05) is 44.5 Å². The Morgan fingerprint density at radius 1 is 1.24 bits per heavy atom. The molecule has 1 aliphatic heterocycles. The molecule has 11 heteroatoms. The number of thioether (sulfide) groups is 1. The van der Waals surface area contributed by atoms with Gasteiger partial charge in [-0.1, -0.05) is 17.8 Å². The van der Waals surface area contributed by atoms with Crippen LogP contribution in [0.3, 0.4) is 0 Å². The number of tetrazole rings is 1. The van der Waals surface area contributed by atoms with Crippen LogP contribution < -0.4 is 10.1 Å². The molecule has 1 aromatic heterocycles. The number of hydrogen-bond donors (Lipinski definition) is 1. The van der Waals surface area contributed by atoms with Gasteiger partial charge in [-0.2, -0.15) is 0 Å². The molecule has 0 saturated carbocycles. The van der Waals surface area contributed by atoms with E-state index in [2.05, 4.69) is 43.9 Å². The van der Waals surface area contributed by atoms with E-state index in [4.69, 9.17) is 9.47 Å². The zero-order valence-corrected chi connectivity index (χ0v) is 19.3. The lowest BCUT2D eigenvalue weighted by Gasteiger charge is -2.27. The Kier molecular flexibility index (Phi) is 12.5. The van der Waals surface area contributed by atoms with E-state index in [1.807, 2.05) is 7.05 Å². The molecule has 8 nitrogen and oxygen atoms in total. The first-order valence-electron chi connectivity index (χ1n) is 9.28. The summed E-state index contributed by atoms with van der Waals surface area (Å²) in [6, 6.07) is 6.46. The molecule has 0 bridgehead atoms. The summed E-state index contributed by atoms with van der Waals surface area (Å²) in [5, 5.41) is 15.8. The Morgan fingerprint density at radius 2 is 2.03 bits per heavy atom. The van der Waals surface area contributed by atoms with Crippen molar-refractivity contribution in [1.82, 2.24) is 30.4 Å². The third kappa shape index (κ3) is 8.27. The van der Waals surface area contributed by atoms with Gasteiger partial charge in [-0.25, -0.2) is 4.68 Å². The van der Waals surface area contributed by atoms with E-state index in [0.717, 1.165) is 69.0 Å². The number of ether oxygens (including phenoxy) is 2. The van der Waals surface area contributed by atoms with Gasteiger partial charge < -0.3 is 14.8 Å². The predicted molar refractivity (Wildman–Crippen MR) is 119 cm³/mol. The molecule has 1 fully saturated rings. The summed E-state index contributed by atoms with van der Waals surface area (Å²) >= 11 is 1.68. The predicted octanol–water partition coefficient (Wildman–Crippen LogP) is 2.17. The minimum Gasteiger partial charge on any atom is -0.496 e. The van der Waals surface area contributed by atoms with Crippen LogP contribution in [0.2, 0.25) is 0 Å². The fourth-order valence-corrected chi connectivity index (χ4v) is 3.79. The highest BCUT2D eigenvalue weighted by Gasteiger charge is 2.13. The summed E-state index contributed by atoms with van der Waals surface area (Å²) in [7, 11) is 3.60. The molecule has 29 heavy (non-hydrogen) atoms. The molecule has 0 aliphatic carbocycles. The number of methoxy groups -OCH3 is 1. The van der Waals surface area contributed by atoms with E-state index in [-0.39, 0.29) is 24.8 Å². The van der Waals surface area contributed by atoms with Gasteiger partial charge in [-0.05, 0) is 41.1 Å². The van der Waals surface area contributed by atoms with E-state index in [0.29, 0.717) is 0 Å². The van der Waals surface area contributed by atoms with Crippen molar-refractivity contribution < 1.29 is 9.47 Å². The third-order valence-corrected chi connectivity index (χ3v) is 5.58. The second kappa shape index (κ2) is 14.0. The number of morpholine rings is 1. The molecule has 1 N–H and O–H groups in total. The maximum absolute atomic E-state index is 5.55. The standard InChI is InChI=1S/C18H28N6O2S.2ClH/c1-23-18(20-21-22-23)27-11-3-6-19-13-15-4-5-17(25-2)16(12-15)14-24-7-9-26-10-8-24;;/h4-5,12,19H,3,6-11,13-14H2,1-2H3;2*1H. The maximum atomic E-state index is 5.55. The molecule has 0 amide bonds. The van der Waals surface area contributed by atoms with Crippen molar-refractivity contribution in [2.75, 3.05) is 45.7 Å². The molecular formula is C18H30Cl2N6O2S. The van der Waals surface area contributed by atoms with E-state index in [1.165, 1.54) is 11.1 Å². The van der Waals surface area contributed by atoms with Crippen molar-refractivity contribution in [2.45, 2.75) is 24.7 Å². The molecule has 0 atom stereocenters. The Labute approximate surface area is 188 Å². The number of rotatable bonds is 10. The smallest absolute Gasteiger partial charge is 0.209 e. The fourth-order valence-electron chi connectivity index (χ4n) is 3.00. The zero-order valence-electron chi connectivity index (χ0n) is 16.9. The number of nitrogens with one attached hydrogen (secondary N) is 1. The Hall–Kier alpha value is -1.10. The monoisotopic (exact) mass is 464 g/mol. The lowest BCUT2D eigenvalue weighted by Crippen LogP contribution is -2.35. The van der Waals surface area contributed by atoms with Crippen molar-refractivity contribution in [3.63, 3.8) is 0 Å². The van der Waals surface area contributed by atoms with Gasteiger partial charge in [0.2, 0.25) is 5.16 Å². The number of hydrogen-bond acceptors (Lipinski definition) is 8. The molecule has 164 valence electrons. The van der Waals surface area contributed by atoms with Crippen LogP contribution in [-0.4, -0.2) is 70.8 Å². The van der Waals surface area contributed by atoms with Crippen LogP contribution in [0.25, 0.3) is 0 Å². The molecule has 0 spiro atoms. The SMILES string of the molecule is COc1ccc(CNCCCSc2nnnn2C)cc1CN1CCOCC1.Cl.Cl. The highest BCUT2D eigenvalue weighted by atomic mass is 35.5. The second-order valence-corrected chi connectivity index (χ2v) is 7.56. The Morgan fingerprint density at radius 3 is 2.72 bits per heavy atom.